The summed E-state index contributed by atoms with van der Waals surface area (Å²) in [4.78, 5) is 14.1. The van der Waals surface area contributed by atoms with E-state index in [-0.39, 0.29) is 17.0 Å². The zero-order valence-corrected chi connectivity index (χ0v) is 34.1. The predicted molar refractivity (Wildman–Crippen MR) is 207 cm³/mol. The average molecular weight is 764 g/mol. The first-order chi connectivity index (χ1) is 25.6. The van der Waals surface area contributed by atoms with E-state index in [0.717, 1.165) is 0 Å². The molecule has 1 aliphatic rings. The highest BCUT2D eigenvalue weighted by Gasteiger charge is 2.36. The van der Waals surface area contributed by atoms with Gasteiger partial charge in [0, 0.05) is 19.5 Å². The Labute approximate surface area is 318 Å². The lowest BCUT2D eigenvalue weighted by Gasteiger charge is -2.36. The molecule has 0 aromatic heterocycles. The number of benzene rings is 2. The molecule has 2 aromatic carbocycles. The summed E-state index contributed by atoms with van der Waals surface area (Å²) in [6, 6.07) is 16.6. The molecule has 1 amide bonds. The third-order valence-corrected chi connectivity index (χ3v) is 13.9. The van der Waals surface area contributed by atoms with E-state index in [4.69, 9.17) is 47.1 Å². The fraction of sp³-hybridized carbons (Fsp3) is 0.675. The van der Waals surface area contributed by atoms with Gasteiger partial charge in [-0.2, -0.15) is 0 Å². The molecule has 13 heteroatoms. The second kappa shape index (κ2) is 25.6. The van der Waals surface area contributed by atoms with E-state index < -0.39 is 8.32 Å². The number of ether oxygens (including phenoxy) is 9. The molecule has 0 heterocycles. The highest BCUT2D eigenvalue weighted by Crippen LogP contribution is 2.44. The zero-order chi connectivity index (χ0) is 38.2. The third-order valence-electron chi connectivity index (χ3n) is 9.32. The normalized spacial score (nSPS) is 12.9. The number of hydrogen-bond acceptors (Lipinski definition) is 11. The topological polar surface area (TPSA) is 113 Å². The highest BCUT2D eigenvalue weighted by atomic mass is 28.4. The lowest BCUT2D eigenvalue weighted by Crippen LogP contribution is -2.41. The van der Waals surface area contributed by atoms with E-state index in [2.05, 4.69) is 58.1 Å². The Hall–Kier alpha value is -2.43. The van der Waals surface area contributed by atoms with Crippen molar-refractivity contribution in [1.82, 2.24) is 4.90 Å². The first-order valence-corrected chi connectivity index (χ1v) is 21.8. The van der Waals surface area contributed by atoms with E-state index >= 15 is 0 Å². The maximum absolute atomic E-state index is 12.6. The number of amides is 1. The molecule has 2 aromatic rings. The van der Waals surface area contributed by atoms with Crippen molar-refractivity contribution in [3.8, 4) is 11.1 Å². The van der Waals surface area contributed by atoms with Gasteiger partial charge in [0.2, 0.25) is 0 Å². The van der Waals surface area contributed by atoms with Crippen LogP contribution in [-0.4, -0.2) is 152 Å². The summed E-state index contributed by atoms with van der Waals surface area (Å²) in [5.41, 5.74) is 4.81. The molecular weight excluding hydrogens is 699 g/mol. The van der Waals surface area contributed by atoms with Gasteiger partial charge in [0.05, 0.1) is 112 Å². The van der Waals surface area contributed by atoms with Crippen LogP contribution in [0.25, 0.3) is 11.1 Å². The molecule has 0 bridgehead atoms. The number of nitrogens with zero attached hydrogens (tertiary/aromatic N) is 1. The van der Waals surface area contributed by atoms with Crippen LogP contribution in [0.5, 0.6) is 0 Å². The molecule has 0 N–H and O–H groups in total. The Morgan fingerprint density at radius 2 is 0.906 bits per heavy atom. The highest BCUT2D eigenvalue weighted by molar-refractivity contribution is 6.74. The molecule has 0 unspecified atom stereocenters. The molecule has 0 atom stereocenters. The molecule has 3 rings (SSSR count). The lowest BCUT2D eigenvalue weighted by molar-refractivity contribution is -0.0239. The van der Waals surface area contributed by atoms with Crippen molar-refractivity contribution in [2.75, 3.05) is 133 Å². The molecule has 0 radical (unpaired) electrons. The van der Waals surface area contributed by atoms with Gasteiger partial charge in [-0.15, -0.1) is 0 Å². The van der Waals surface area contributed by atoms with Crippen molar-refractivity contribution in [2.45, 2.75) is 44.8 Å². The minimum atomic E-state index is -1.71. The third kappa shape index (κ3) is 17.3. The minimum absolute atomic E-state index is 0.0412. The lowest BCUT2D eigenvalue weighted by atomic mass is 9.98. The fourth-order valence-electron chi connectivity index (χ4n) is 5.21. The van der Waals surface area contributed by atoms with E-state index in [1.54, 1.807) is 7.05 Å². The molecular formula is C40H65NO11Si. The van der Waals surface area contributed by atoms with Gasteiger partial charge in [-0.1, -0.05) is 69.3 Å². The minimum Gasteiger partial charge on any atom is -0.448 e. The number of fused-ring (bicyclic) bond motifs is 3. The summed E-state index contributed by atoms with van der Waals surface area (Å²) in [5.74, 6) is 0.0412. The second-order valence-corrected chi connectivity index (χ2v) is 19.0. The van der Waals surface area contributed by atoms with Crippen LogP contribution in [0.3, 0.4) is 0 Å². The first-order valence-electron chi connectivity index (χ1n) is 18.9. The van der Waals surface area contributed by atoms with Crippen LogP contribution in [-0.2, 0) is 47.1 Å². The Kier molecular flexibility index (Phi) is 21.7. The van der Waals surface area contributed by atoms with Crippen molar-refractivity contribution in [3.63, 3.8) is 0 Å². The molecule has 0 aliphatic heterocycles. The molecule has 0 saturated carbocycles. The van der Waals surface area contributed by atoms with Gasteiger partial charge in [0.15, 0.2) is 8.32 Å². The molecule has 300 valence electrons. The van der Waals surface area contributed by atoms with Crippen LogP contribution >= 0.6 is 0 Å². The van der Waals surface area contributed by atoms with Crippen LogP contribution in [0, 0.1) is 0 Å². The van der Waals surface area contributed by atoms with Crippen molar-refractivity contribution >= 4 is 14.4 Å². The Morgan fingerprint density at radius 1 is 0.566 bits per heavy atom. The van der Waals surface area contributed by atoms with Crippen molar-refractivity contribution in [1.29, 1.82) is 0 Å². The van der Waals surface area contributed by atoms with Gasteiger partial charge in [0.1, 0.15) is 6.61 Å². The summed E-state index contributed by atoms with van der Waals surface area (Å²) in [7, 11) is 0.0105. The molecule has 1 aliphatic carbocycles. The van der Waals surface area contributed by atoms with E-state index in [1.165, 1.54) is 27.2 Å². The van der Waals surface area contributed by atoms with Gasteiger partial charge in [-0.3, -0.25) is 0 Å². The maximum atomic E-state index is 12.6. The van der Waals surface area contributed by atoms with Gasteiger partial charge in [0.25, 0.3) is 0 Å². The van der Waals surface area contributed by atoms with E-state index in [0.29, 0.717) is 125 Å². The summed E-state index contributed by atoms with van der Waals surface area (Å²) < 4.78 is 56.2. The molecule has 0 saturated heterocycles. The van der Waals surface area contributed by atoms with Crippen LogP contribution in [0.4, 0.5) is 4.79 Å². The van der Waals surface area contributed by atoms with Crippen molar-refractivity contribution in [3.05, 3.63) is 59.7 Å². The van der Waals surface area contributed by atoms with E-state index in [1.807, 2.05) is 24.3 Å². The Balaban J connectivity index is 1.00. The SMILES string of the molecule is CN(CCOCCOCCOCCOCCOCCOCCOCCOCCO[Si](C)(C)C(C)(C)C)C(=O)OCC1c2ccccc2-c2ccccc21. The van der Waals surface area contributed by atoms with Crippen LogP contribution in [0.15, 0.2) is 48.5 Å². The maximum Gasteiger partial charge on any atom is 0.409 e. The average Bonchev–Trinajstić information content (AvgIpc) is 3.46. The Bertz CT molecular complexity index is 1230. The summed E-state index contributed by atoms with van der Waals surface area (Å²) in [6.07, 6.45) is -0.361. The molecule has 12 nitrogen and oxygen atoms in total. The number of rotatable bonds is 30. The molecule has 0 fully saturated rings. The zero-order valence-electron chi connectivity index (χ0n) is 33.1. The van der Waals surface area contributed by atoms with Crippen LogP contribution < -0.4 is 0 Å². The smallest absolute Gasteiger partial charge is 0.409 e. The number of hydrogen-bond donors (Lipinski definition) is 0. The fourth-order valence-corrected chi connectivity index (χ4v) is 6.24. The standard InChI is InChI=1S/C40H65NO11Si/c1-40(2,3)53(5,6)52-32-31-50-30-29-49-28-27-48-26-25-47-24-23-46-22-21-45-20-19-44-18-17-43-16-15-41(4)39(42)51-33-38-36-13-9-7-11-34(36)35-12-8-10-14-37(35)38/h7-14,38H,15-33H2,1-6H3. The second-order valence-electron chi connectivity index (χ2n) is 14.2. The van der Waals surface area contributed by atoms with Gasteiger partial charge in [-0.05, 0) is 40.4 Å². The van der Waals surface area contributed by atoms with Crippen molar-refractivity contribution < 1.29 is 51.9 Å². The molecule has 0 spiro atoms. The van der Waals surface area contributed by atoms with Crippen LogP contribution in [0.1, 0.15) is 37.8 Å². The van der Waals surface area contributed by atoms with Gasteiger partial charge >= 0.3 is 6.09 Å². The first kappa shape index (κ1) is 45.0. The predicted octanol–water partition coefficient (Wildman–Crippen LogP) is 6.02. The summed E-state index contributed by atoms with van der Waals surface area (Å²) in [6.45, 7) is 20.5. The number of carbonyl (C=O) groups is 1. The summed E-state index contributed by atoms with van der Waals surface area (Å²) >= 11 is 0. The van der Waals surface area contributed by atoms with Crippen molar-refractivity contribution in [2.24, 2.45) is 0 Å². The Morgan fingerprint density at radius 3 is 1.28 bits per heavy atom. The quantitative estimate of drug-likeness (QED) is 0.0688. The summed E-state index contributed by atoms with van der Waals surface area (Å²) in [5, 5.41) is 0.211. The number of likely N-dealkylation sites (N-methyl/N-ethyl adjacent to an activating group) is 1. The molecule has 53 heavy (non-hydrogen) atoms. The van der Waals surface area contributed by atoms with E-state index in [9.17, 15) is 4.79 Å². The van der Waals surface area contributed by atoms with Gasteiger partial charge < -0.3 is 52.0 Å². The largest absolute Gasteiger partial charge is 0.448 e. The number of carbonyl (C=O) groups excluding carboxylic acids is 1. The van der Waals surface area contributed by atoms with Crippen LogP contribution in [0.2, 0.25) is 18.1 Å². The van der Waals surface area contributed by atoms with Gasteiger partial charge in [-0.25, -0.2) is 4.79 Å². The monoisotopic (exact) mass is 763 g/mol.